The number of amides is 6. The molecule has 0 bridgehead atoms. The number of sulfone groups is 1. The summed E-state index contributed by atoms with van der Waals surface area (Å²) in [5, 5.41) is 7.96. The highest BCUT2D eigenvalue weighted by Gasteiger charge is 2.49. The van der Waals surface area contributed by atoms with E-state index in [1.165, 1.54) is 52.7 Å². The van der Waals surface area contributed by atoms with Gasteiger partial charge in [0.1, 0.15) is 10.9 Å². The topological polar surface area (TPSA) is 235 Å². The van der Waals surface area contributed by atoms with Crippen molar-refractivity contribution in [3.63, 3.8) is 0 Å². The lowest BCUT2D eigenvalue weighted by Gasteiger charge is -2.39. The Kier molecular flexibility index (Phi) is 21.9. The minimum atomic E-state index is -6.14. The van der Waals surface area contributed by atoms with Crippen LogP contribution in [0.2, 0.25) is 0 Å². The zero-order valence-electron chi connectivity index (χ0n) is 51.2. The number of carbonyl (C=O) groups excluding carboxylic acids is 6. The van der Waals surface area contributed by atoms with Crippen LogP contribution in [0.4, 0.5) is 30.2 Å². The number of imide groups is 2. The first-order valence-corrected chi connectivity index (χ1v) is 34.8. The molecule has 0 aromatic heterocycles. The highest BCUT2D eigenvalue weighted by Crippen LogP contribution is 2.43. The van der Waals surface area contributed by atoms with E-state index in [9.17, 15) is 58.8 Å². The minimum Gasteiger partial charge on any atom is -0.380 e. The molecule has 4 heterocycles. The molecule has 0 radical (unpaired) electrons. The zero-order chi connectivity index (χ0) is 64.5. The molecular formula is C65H80F3N9O10S3. The number of carbonyl (C=O) groups is 6. The first kappa shape index (κ1) is 67.5. The number of fused-ring (bicyclic) bond motifs is 1. The molecule has 0 spiro atoms. The molecule has 90 heavy (non-hydrogen) atoms. The van der Waals surface area contributed by atoms with Crippen LogP contribution in [-0.2, 0) is 34.2 Å². The van der Waals surface area contributed by atoms with Crippen molar-refractivity contribution in [1.29, 1.82) is 0 Å². The first-order chi connectivity index (χ1) is 42.8. The van der Waals surface area contributed by atoms with Gasteiger partial charge in [-0.15, -0.1) is 11.8 Å². The van der Waals surface area contributed by atoms with Crippen LogP contribution in [0.15, 0.2) is 129 Å². The average Bonchev–Trinajstić information content (AvgIpc) is 1.58. The second-order valence-electron chi connectivity index (χ2n) is 24.6. The second-order valence-corrected chi connectivity index (χ2v) is 29.3. The lowest BCUT2D eigenvalue weighted by molar-refractivity contribution is -0.136. The summed E-state index contributed by atoms with van der Waals surface area (Å²) in [4.78, 5) is 86.2. The number of hydrogen-bond donors (Lipinski definition) is 4. The summed E-state index contributed by atoms with van der Waals surface area (Å²) in [6.07, 6.45) is 7.86. The summed E-state index contributed by atoms with van der Waals surface area (Å²) >= 11 is 1.42. The molecule has 4 aromatic carbocycles. The van der Waals surface area contributed by atoms with Gasteiger partial charge >= 0.3 is 5.51 Å². The van der Waals surface area contributed by atoms with E-state index in [0.29, 0.717) is 44.3 Å². The van der Waals surface area contributed by atoms with Crippen molar-refractivity contribution in [2.75, 3.05) is 93.3 Å². The summed E-state index contributed by atoms with van der Waals surface area (Å²) in [5.41, 5.74) is -0.810. The number of thioether (sulfide) groups is 1. The smallest absolute Gasteiger partial charge is 0.380 e. The number of alkyl halides is 3. The molecule has 2 atom stereocenters. The number of piperidine rings is 1. The van der Waals surface area contributed by atoms with Crippen LogP contribution in [0.3, 0.4) is 0 Å². The van der Waals surface area contributed by atoms with Crippen molar-refractivity contribution in [1.82, 2.24) is 29.6 Å². The van der Waals surface area contributed by atoms with Crippen molar-refractivity contribution < 1.29 is 58.8 Å². The maximum absolute atomic E-state index is 14.5. The Morgan fingerprint density at radius 3 is 2.14 bits per heavy atom. The summed E-state index contributed by atoms with van der Waals surface area (Å²) in [6.45, 7) is 19.3. The van der Waals surface area contributed by atoms with Crippen molar-refractivity contribution in [3.8, 4) is 0 Å². The number of rotatable bonds is 26. The molecule has 1 unspecified atom stereocenters. The standard InChI is InChI=1S/C65H80F3N9O10S3/c1-5-13-44(2)52-41-64(3,4)29-27-46(52)42-75-36-38-76(39-37-75)48-21-19-45(20-22-48)60(80)72-90(86,87)50-23-24-53(56(40-50)89(84,85)65(66,67)68)69-47(43-88-49-14-8-6-9-15-49)28-31-74-34-32-73(33-35-74)30-11-7-10-18-57(78)70-54-17-12-16-51-59(54)63(83)77(62(51)82)55-25-26-58(79)71-61(55)81/h6,8-9,12,14-17,19-24,40,47,55,69H,2,5,7,10-11,13,18,25-39,41-43H2,1,3-4H3,(H,70,78)(H,72,80)(H,71,79,81)/t47-,55?/m1/s1. The van der Waals surface area contributed by atoms with Gasteiger partial charge in [0.2, 0.25) is 17.7 Å². The Morgan fingerprint density at radius 1 is 0.778 bits per heavy atom. The van der Waals surface area contributed by atoms with Gasteiger partial charge in [-0.3, -0.25) is 43.9 Å². The Labute approximate surface area is 529 Å². The third kappa shape index (κ3) is 16.6. The van der Waals surface area contributed by atoms with E-state index >= 15 is 0 Å². The van der Waals surface area contributed by atoms with Gasteiger partial charge in [-0.2, -0.15) is 13.2 Å². The van der Waals surface area contributed by atoms with Crippen molar-refractivity contribution in [3.05, 3.63) is 131 Å². The molecule has 6 amide bonds. The Bertz CT molecular complexity index is 3610. The van der Waals surface area contributed by atoms with Gasteiger partial charge in [0.25, 0.3) is 37.6 Å². The number of halogens is 3. The fraction of sp³-hybridized carbons (Fsp3) is 0.477. The molecule has 0 saturated carbocycles. The molecule has 9 rings (SSSR count). The number of sulfonamides is 1. The van der Waals surface area contributed by atoms with E-state index in [1.54, 1.807) is 18.2 Å². The van der Waals surface area contributed by atoms with Crippen LogP contribution >= 0.6 is 11.8 Å². The second kappa shape index (κ2) is 29.2. The summed E-state index contributed by atoms with van der Waals surface area (Å²) in [7, 11) is -11.1. The highest BCUT2D eigenvalue weighted by molar-refractivity contribution is 7.99. The third-order valence-electron chi connectivity index (χ3n) is 17.5. The van der Waals surface area contributed by atoms with Crippen LogP contribution in [0.1, 0.15) is 129 Å². The molecule has 25 heteroatoms. The van der Waals surface area contributed by atoms with E-state index < -0.39 is 82.5 Å². The van der Waals surface area contributed by atoms with Crippen LogP contribution in [-0.4, -0.2) is 167 Å². The van der Waals surface area contributed by atoms with Gasteiger partial charge in [-0.25, -0.2) is 21.6 Å². The maximum Gasteiger partial charge on any atom is 0.501 e. The van der Waals surface area contributed by atoms with E-state index in [1.807, 2.05) is 35.1 Å². The summed E-state index contributed by atoms with van der Waals surface area (Å²) < 4.78 is 99.7. The minimum absolute atomic E-state index is 0.00129. The quantitative estimate of drug-likeness (QED) is 0.0260. The fourth-order valence-electron chi connectivity index (χ4n) is 12.3. The van der Waals surface area contributed by atoms with Crippen molar-refractivity contribution >= 4 is 84.1 Å². The molecule has 1 aliphatic carbocycles. The fourth-order valence-corrected chi connectivity index (χ4v) is 15.3. The van der Waals surface area contributed by atoms with Gasteiger partial charge in [0.15, 0.2) is 0 Å². The number of allylic oxidation sites excluding steroid dienone is 2. The largest absolute Gasteiger partial charge is 0.501 e. The SMILES string of the molecule is C=C(CCC)C1=C(CN2CCN(c3ccc(C(=O)NS(=O)(=O)c4ccc(N[C@H](CCN5CCN(CCCCCC(=O)Nc6cccc7c6C(=O)N(C6CCC(=O)NC6=O)C7=O)CC5)CSc5ccccc5)c(S(=O)(=O)C(F)(F)F)c4)cc3)CC2)CCC(C)(C)C1. The van der Waals surface area contributed by atoms with Gasteiger partial charge in [0, 0.05) is 106 Å². The Morgan fingerprint density at radius 2 is 1.47 bits per heavy atom. The summed E-state index contributed by atoms with van der Waals surface area (Å²) in [5.74, 6) is -3.68. The monoisotopic (exact) mass is 1300 g/mol. The summed E-state index contributed by atoms with van der Waals surface area (Å²) in [6, 6.07) is 20.9. The number of hydrogen-bond acceptors (Lipinski definition) is 16. The number of anilines is 3. The van der Waals surface area contributed by atoms with Gasteiger partial charge in [0.05, 0.1) is 27.4 Å². The van der Waals surface area contributed by atoms with E-state index in [-0.39, 0.29) is 53.0 Å². The molecule has 3 saturated heterocycles. The van der Waals surface area contributed by atoms with Crippen LogP contribution in [0.5, 0.6) is 0 Å². The Balaban J connectivity index is 0.765. The number of unbranched alkanes of at least 4 members (excludes halogenated alkanes) is 2. The van der Waals surface area contributed by atoms with Crippen LogP contribution in [0.25, 0.3) is 0 Å². The number of benzene rings is 4. The number of nitrogens with zero attached hydrogens (tertiary/aromatic N) is 5. The lowest BCUT2D eigenvalue weighted by Crippen LogP contribution is -2.54. The van der Waals surface area contributed by atoms with Crippen molar-refractivity contribution in [2.45, 2.75) is 130 Å². The molecule has 3 fully saturated rings. The first-order valence-electron chi connectivity index (χ1n) is 30.8. The van der Waals surface area contributed by atoms with Gasteiger partial charge in [-0.1, -0.05) is 75.6 Å². The predicted octanol–water partition coefficient (Wildman–Crippen LogP) is 9.26. The average molecular weight is 1300 g/mol. The highest BCUT2D eigenvalue weighted by atomic mass is 32.2. The van der Waals surface area contributed by atoms with E-state index in [2.05, 4.69) is 62.9 Å². The number of piperazine rings is 2. The maximum atomic E-state index is 14.5. The van der Waals surface area contributed by atoms with Gasteiger partial charge < -0.3 is 25.3 Å². The normalized spacial score (nSPS) is 19.2. The zero-order valence-corrected chi connectivity index (χ0v) is 53.6. The number of nitrogens with one attached hydrogen (secondary N) is 4. The van der Waals surface area contributed by atoms with E-state index in [4.69, 9.17) is 0 Å². The van der Waals surface area contributed by atoms with Crippen LogP contribution in [0, 0.1) is 5.41 Å². The van der Waals surface area contributed by atoms with E-state index in [0.717, 1.165) is 125 Å². The molecule has 4 aliphatic heterocycles. The molecule has 19 nitrogen and oxygen atoms in total. The van der Waals surface area contributed by atoms with Crippen molar-refractivity contribution in [2.24, 2.45) is 5.41 Å². The molecule has 484 valence electrons. The molecule has 4 N–H and O–H groups in total. The molecule has 4 aromatic rings. The predicted molar refractivity (Wildman–Crippen MR) is 340 cm³/mol. The molecular weight excluding hydrogens is 1220 g/mol. The lowest BCUT2D eigenvalue weighted by atomic mass is 9.72. The van der Waals surface area contributed by atoms with Crippen LogP contribution < -0.4 is 25.6 Å². The Hall–Kier alpha value is -6.90. The van der Waals surface area contributed by atoms with Gasteiger partial charge in [-0.05, 0) is 136 Å². The molecule has 5 aliphatic rings. The third-order valence-corrected chi connectivity index (χ3v) is 21.5.